The van der Waals surface area contributed by atoms with Gasteiger partial charge in [-0.05, 0) is 31.4 Å². The van der Waals surface area contributed by atoms with Crippen LogP contribution in [0.1, 0.15) is 49.9 Å². The first-order chi connectivity index (χ1) is 12.8. The Balaban J connectivity index is 1.86. The minimum absolute atomic E-state index is 0.0139. The van der Waals surface area contributed by atoms with Crippen molar-refractivity contribution < 1.29 is 19.5 Å². The maximum Gasteiger partial charge on any atom is 0.303 e. The molecule has 2 aromatic rings. The molecular weight excluding hydrogens is 342 g/mol. The first kappa shape index (κ1) is 20.4. The number of aliphatic carboxylic acids is 1. The Morgan fingerprint density at radius 2 is 1.44 bits per heavy atom. The van der Waals surface area contributed by atoms with E-state index in [0.29, 0.717) is 12.0 Å². The summed E-state index contributed by atoms with van der Waals surface area (Å²) in [7, 11) is 0. The maximum atomic E-state index is 12.3. The summed E-state index contributed by atoms with van der Waals surface area (Å²) in [6, 6.07) is 17.2. The number of carbonyl (C=O) groups excluding carboxylic acids is 2. The predicted octanol–water partition coefficient (Wildman–Crippen LogP) is 4.08. The fourth-order valence-electron chi connectivity index (χ4n) is 2.77. The van der Waals surface area contributed by atoms with Crippen LogP contribution >= 0.6 is 0 Å². The number of Topliss-reactive ketones (excluding diaryl/α,β-unsaturated/α-hetero) is 1. The number of carbonyl (C=O) groups is 3. The quantitative estimate of drug-likeness (QED) is 0.654. The van der Waals surface area contributed by atoms with Crippen molar-refractivity contribution in [3.63, 3.8) is 0 Å². The molecule has 27 heavy (non-hydrogen) atoms. The Morgan fingerprint density at radius 3 is 2.04 bits per heavy atom. The lowest BCUT2D eigenvalue weighted by molar-refractivity contribution is -0.137. The van der Waals surface area contributed by atoms with Gasteiger partial charge in [-0.15, -0.1) is 0 Å². The first-order valence-corrected chi connectivity index (χ1v) is 8.98. The van der Waals surface area contributed by atoms with Gasteiger partial charge in [0.25, 0.3) is 0 Å². The molecule has 2 rings (SSSR count). The smallest absolute Gasteiger partial charge is 0.303 e. The zero-order valence-electron chi connectivity index (χ0n) is 15.7. The molecule has 0 heterocycles. The second-order valence-corrected chi connectivity index (χ2v) is 7.19. The van der Waals surface area contributed by atoms with Gasteiger partial charge in [-0.25, -0.2) is 0 Å². The van der Waals surface area contributed by atoms with E-state index in [4.69, 9.17) is 5.11 Å². The van der Waals surface area contributed by atoms with Crippen LogP contribution < -0.4 is 5.32 Å². The van der Waals surface area contributed by atoms with Crippen LogP contribution in [-0.2, 0) is 9.59 Å². The zero-order valence-corrected chi connectivity index (χ0v) is 15.7. The molecular formula is C22H25NO4. The van der Waals surface area contributed by atoms with E-state index >= 15 is 0 Å². The summed E-state index contributed by atoms with van der Waals surface area (Å²) >= 11 is 0. The summed E-state index contributed by atoms with van der Waals surface area (Å²) in [6.45, 7) is 3.55. The van der Waals surface area contributed by atoms with Gasteiger partial charge in [-0.2, -0.15) is 0 Å². The Morgan fingerprint density at radius 1 is 0.852 bits per heavy atom. The lowest BCUT2D eigenvalue weighted by atomic mass is 9.97. The van der Waals surface area contributed by atoms with Crippen LogP contribution in [0.5, 0.6) is 0 Å². The molecule has 5 nitrogen and oxygen atoms in total. The molecule has 1 amide bonds. The lowest BCUT2D eigenvalue weighted by Gasteiger charge is -2.25. The SMILES string of the molecule is CC(C)(CCC(=O)O)NC(=O)CCC(=O)c1ccc(-c2ccccc2)cc1. The van der Waals surface area contributed by atoms with Crippen molar-refractivity contribution in [3.05, 3.63) is 60.2 Å². The van der Waals surface area contributed by atoms with Gasteiger partial charge in [0.05, 0.1) is 0 Å². The molecule has 0 aromatic heterocycles. The van der Waals surface area contributed by atoms with Gasteiger partial charge in [0, 0.05) is 30.4 Å². The fourth-order valence-corrected chi connectivity index (χ4v) is 2.77. The monoisotopic (exact) mass is 367 g/mol. The molecule has 0 spiro atoms. The molecule has 0 radical (unpaired) electrons. The van der Waals surface area contributed by atoms with Crippen LogP contribution in [0.15, 0.2) is 54.6 Å². The van der Waals surface area contributed by atoms with Crippen molar-refractivity contribution in [3.8, 4) is 11.1 Å². The number of rotatable bonds is 9. The zero-order chi connectivity index (χ0) is 19.9. The normalized spacial score (nSPS) is 11.0. The van der Waals surface area contributed by atoms with Gasteiger partial charge in [0.15, 0.2) is 5.78 Å². The number of carboxylic acids is 1. The van der Waals surface area contributed by atoms with Crippen LogP contribution in [0.4, 0.5) is 0 Å². The molecule has 0 unspecified atom stereocenters. The van der Waals surface area contributed by atoms with Crippen LogP contribution in [0.25, 0.3) is 11.1 Å². The number of carboxylic acid groups (broad SMARTS) is 1. The van der Waals surface area contributed by atoms with Crippen LogP contribution in [0, 0.1) is 0 Å². The molecule has 2 N–H and O–H groups in total. The van der Waals surface area contributed by atoms with Crippen molar-refractivity contribution in [1.29, 1.82) is 0 Å². The van der Waals surface area contributed by atoms with Crippen molar-refractivity contribution in [2.75, 3.05) is 0 Å². The van der Waals surface area contributed by atoms with E-state index in [1.165, 1.54) is 0 Å². The van der Waals surface area contributed by atoms with Gasteiger partial charge in [-0.1, -0.05) is 54.6 Å². The highest BCUT2D eigenvalue weighted by Crippen LogP contribution is 2.20. The third-order valence-electron chi connectivity index (χ3n) is 4.33. The van der Waals surface area contributed by atoms with E-state index in [-0.39, 0.29) is 31.0 Å². The summed E-state index contributed by atoms with van der Waals surface area (Å²) in [5.74, 6) is -1.24. The van der Waals surface area contributed by atoms with Gasteiger partial charge in [-0.3, -0.25) is 14.4 Å². The molecule has 0 aliphatic heterocycles. The molecule has 0 bridgehead atoms. The molecule has 0 saturated heterocycles. The molecule has 0 fully saturated rings. The average molecular weight is 367 g/mol. The highest BCUT2D eigenvalue weighted by atomic mass is 16.4. The van der Waals surface area contributed by atoms with E-state index in [0.717, 1.165) is 11.1 Å². The molecule has 0 atom stereocenters. The summed E-state index contributed by atoms with van der Waals surface area (Å²) in [5.41, 5.74) is 2.08. The minimum atomic E-state index is -0.897. The van der Waals surface area contributed by atoms with E-state index < -0.39 is 11.5 Å². The highest BCUT2D eigenvalue weighted by molar-refractivity contribution is 5.98. The molecule has 2 aromatic carbocycles. The second-order valence-electron chi connectivity index (χ2n) is 7.19. The fraction of sp³-hybridized carbons (Fsp3) is 0.318. The van der Waals surface area contributed by atoms with Gasteiger partial charge >= 0.3 is 5.97 Å². The van der Waals surface area contributed by atoms with Gasteiger partial charge in [0.2, 0.25) is 5.91 Å². The number of benzene rings is 2. The highest BCUT2D eigenvalue weighted by Gasteiger charge is 2.21. The Hall–Kier alpha value is -2.95. The molecule has 0 aliphatic rings. The van der Waals surface area contributed by atoms with Crippen molar-refractivity contribution in [2.45, 2.75) is 45.1 Å². The summed E-state index contributed by atoms with van der Waals surface area (Å²) in [5, 5.41) is 11.5. The Bertz CT molecular complexity index is 795. The topological polar surface area (TPSA) is 83.5 Å². The van der Waals surface area contributed by atoms with Crippen molar-refractivity contribution >= 4 is 17.7 Å². The summed E-state index contributed by atoms with van der Waals surface area (Å²) in [6.07, 6.45) is 0.518. The number of amides is 1. The summed E-state index contributed by atoms with van der Waals surface area (Å²) in [4.78, 5) is 35.0. The van der Waals surface area contributed by atoms with Crippen LogP contribution in [-0.4, -0.2) is 28.3 Å². The van der Waals surface area contributed by atoms with E-state index in [2.05, 4.69) is 5.32 Å². The molecule has 142 valence electrons. The molecule has 5 heteroatoms. The molecule has 0 aliphatic carbocycles. The van der Waals surface area contributed by atoms with Crippen molar-refractivity contribution in [1.82, 2.24) is 5.32 Å². The largest absolute Gasteiger partial charge is 0.481 e. The van der Waals surface area contributed by atoms with Gasteiger partial charge in [0.1, 0.15) is 0 Å². The number of nitrogens with one attached hydrogen (secondary N) is 1. The van der Waals surface area contributed by atoms with E-state index in [1.807, 2.05) is 42.5 Å². The maximum absolute atomic E-state index is 12.3. The average Bonchev–Trinajstić information content (AvgIpc) is 2.65. The number of hydrogen-bond donors (Lipinski definition) is 2. The number of hydrogen-bond acceptors (Lipinski definition) is 3. The third-order valence-corrected chi connectivity index (χ3v) is 4.33. The Kier molecular flexibility index (Phi) is 6.88. The lowest BCUT2D eigenvalue weighted by Crippen LogP contribution is -2.43. The van der Waals surface area contributed by atoms with Crippen LogP contribution in [0.2, 0.25) is 0 Å². The summed E-state index contributed by atoms with van der Waals surface area (Å²) < 4.78 is 0. The van der Waals surface area contributed by atoms with Gasteiger partial charge < -0.3 is 10.4 Å². The Labute approximate surface area is 159 Å². The third kappa shape index (κ3) is 6.70. The predicted molar refractivity (Wildman–Crippen MR) is 105 cm³/mol. The first-order valence-electron chi connectivity index (χ1n) is 8.98. The van der Waals surface area contributed by atoms with Crippen LogP contribution in [0.3, 0.4) is 0 Å². The second kappa shape index (κ2) is 9.12. The van der Waals surface area contributed by atoms with Crippen molar-refractivity contribution in [2.24, 2.45) is 0 Å². The van der Waals surface area contributed by atoms with E-state index in [9.17, 15) is 14.4 Å². The standard InChI is InChI=1S/C22H25NO4/c1-22(2,15-14-21(26)27)23-20(25)13-12-19(24)18-10-8-17(9-11-18)16-6-4-3-5-7-16/h3-11H,12-15H2,1-2H3,(H,23,25)(H,26,27). The number of ketones is 1. The minimum Gasteiger partial charge on any atom is -0.481 e. The van der Waals surface area contributed by atoms with E-state index in [1.54, 1.807) is 26.0 Å². The molecule has 0 saturated carbocycles.